The summed E-state index contributed by atoms with van der Waals surface area (Å²) in [5.41, 5.74) is 4.78. The van der Waals surface area contributed by atoms with E-state index in [-0.39, 0.29) is 18.9 Å². The Morgan fingerprint density at radius 1 is 1.00 bits per heavy atom. The van der Waals surface area contributed by atoms with Gasteiger partial charge in [0.05, 0.1) is 5.56 Å². The van der Waals surface area contributed by atoms with Gasteiger partial charge in [-0.05, 0) is 42.3 Å². The van der Waals surface area contributed by atoms with Crippen LogP contribution in [0.25, 0.3) is 0 Å². The molecule has 1 atom stereocenters. The van der Waals surface area contributed by atoms with E-state index in [0.717, 1.165) is 28.3 Å². The van der Waals surface area contributed by atoms with Crippen molar-refractivity contribution in [1.82, 2.24) is 4.90 Å². The molecule has 0 aliphatic carbocycles. The van der Waals surface area contributed by atoms with Gasteiger partial charge in [-0.1, -0.05) is 48.0 Å². The first-order valence-electron chi connectivity index (χ1n) is 9.31. The van der Waals surface area contributed by atoms with Gasteiger partial charge in [0.25, 0.3) is 5.91 Å². The Labute approximate surface area is 163 Å². The van der Waals surface area contributed by atoms with Crippen LogP contribution in [0.5, 0.6) is 11.5 Å². The highest BCUT2D eigenvalue weighted by atomic mass is 16.7. The van der Waals surface area contributed by atoms with Gasteiger partial charge >= 0.3 is 0 Å². The second-order valence-corrected chi connectivity index (χ2v) is 7.12. The van der Waals surface area contributed by atoms with E-state index in [9.17, 15) is 4.79 Å². The van der Waals surface area contributed by atoms with Crippen molar-refractivity contribution in [3.63, 3.8) is 0 Å². The van der Waals surface area contributed by atoms with E-state index < -0.39 is 0 Å². The van der Waals surface area contributed by atoms with Crippen molar-refractivity contribution in [2.24, 2.45) is 0 Å². The molecule has 0 bridgehead atoms. The molecule has 5 rings (SSSR count). The van der Waals surface area contributed by atoms with Crippen molar-refractivity contribution in [3.8, 4) is 11.5 Å². The van der Waals surface area contributed by atoms with Crippen molar-refractivity contribution >= 4 is 11.6 Å². The van der Waals surface area contributed by atoms with Crippen LogP contribution in [0.4, 0.5) is 5.69 Å². The fourth-order valence-electron chi connectivity index (χ4n) is 3.70. The number of hydrogen-bond acceptors (Lipinski definition) is 4. The Kier molecular flexibility index (Phi) is 3.93. The number of fused-ring (bicyclic) bond motifs is 2. The molecular weight excluding hydrogens is 352 g/mol. The first-order valence-corrected chi connectivity index (χ1v) is 9.31. The van der Waals surface area contributed by atoms with Gasteiger partial charge in [0.1, 0.15) is 6.17 Å². The van der Waals surface area contributed by atoms with Gasteiger partial charge < -0.3 is 19.7 Å². The van der Waals surface area contributed by atoms with E-state index >= 15 is 0 Å². The highest BCUT2D eigenvalue weighted by molar-refractivity contribution is 6.01. The predicted octanol–water partition coefficient (Wildman–Crippen LogP) is 4.49. The third-order valence-corrected chi connectivity index (χ3v) is 5.21. The van der Waals surface area contributed by atoms with Crippen LogP contribution in [0.2, 0.25) is 0 Å². The van der Waals surface area contributed by atoms with Crippen LogP contribution in [0.15, 0.2) is 66.7 Å². The molecule has 0 unspecified atom stereocenters. The average Bonchev–Trinajstić information content (AvgIpc) is 3.18. The van der Waals surface area contributed by atoms with Crippen LogP contribution < -0.4 is 14.8 Å². The maximum absolute atomic E-state index is 13.3. The Balaban J connectivity index is 1.53. The Bertz CT molecular complexity index is 1050. The number of para-hydroxylation sites is 1. The van der Waals surface area contributed by atoms with E-state index in [4.69, 9.17) is 9.47 Å². The van der Waals surface area contributed by atoms with E-state index in [2.05, 4.69) is 36.5 Å². The molecule has 5 nitrogen and oxygen atoms in total. The number of aryl methyl sites for hydroxylation is 1. The minimum atomic E-state index is -0.242. The number of ether oxygens (including phenoxy) is 2. The summed E-state index contributed by atoms with van der Waals surface area (Å²) in [5, 5.41) is 3.53. The van der Waals surface area contributed by atoms with Gasteiger partial charge in [-0.2, -0.15) is 0 Å². The summed E-state index contributed by atoms with van der Waals surface area (Å²) in [5.74, 6) is 1.48. The maximum Gasteiger partial charge on any atom is 0.258 e. The lowest BCUT2D eigenvalue weighted by atomic mass is 10.0. The average molecular weight is 372 g/mol. The zero-order chi connectivity index (χ0) is 19.1. The van der Waals surface area contributed by atoms with Crippen molar-refractivity contribution in [2.75, 3.05) is 12.1 Å². The Morgan fingerprint density at radius 3 is 2.64 bits per heavy atom. The van der Waals surface area contributed by atoms with Crippen molar-refractivity contribution < 1.29 is 14.3 Å². The maximum atomic E-state index is 13.3. The number of carbonyl (C=O) groups excluding carboxylic acids is 1. The molecule has 0 aromatic heterocycles. The number of nitrogens with one attached hydrogen (secondary N) is 1. The van der Waals surface area contributed by atoms with Gasteiger partial charge in [0.15, 0.2) is 11.5 Å². The number of benzene rings is 3. The Hall–Kier alpha value is -3.47. The normalized spacial score (nSPS) is 17.2. The second kappa shape index (κ2) is 6.60. The van der Waals surface area contributed by atoms with E-state index in [1.54, 1.807) is 0 Å². The number of nitrogens with zero attached hydrogens (tertiary/aromatic N) is 1. The molecule has 0 saturated carbocycles. The van der Waals surface area contributed by atoms with Crippen LogP contribution in [-0.4, -0.2) is 17.6 Å². The number of rotatable bonds is 3. The minimum absolute atomic E-state index is 0.0117. The number of amides is 1. The molecule has 5 heteroatoms. The van der Waals surface area contributed by atoms with Crippen molar-refractivity contribution in [3.05, 3.63) is 89.0 Å². The van der Waals surface area contributed by atoms with Crippen LogP contribution in [-0.2, 0) is 6.54 Å². The summed E-state index contributed by atoms with van der Waals surface area (Å²) in [4.78, 5) is 15.2. The molecule has 3 aromatic rings. The van der Waals surface area contributed by atoms with Gasteiger partial charge in [-0.15, -0.1) is 0 Å². The molecule has 1 amide bonds. The summed E-state index contributed by atoms with van der Waals surface area (Å²) in [6.07, 6.45) is -0.242. The standard InChI is InChI=1S/C23H20N2O3/c1-15-6-9-17(10-7-15)22-24-19-5-3-2-4-18(19)23(26)25(22)13-16-8-11-20-21(12-16)28-14-27-20/h2-12,22,24H,13-14H2,1H3/t22-/m1/s1. The minimum Gasteiger partial charge on any atom is -0.454 e. The summed E-state index contributed by atoms with van der Waals surface area (Å²) in [6.45, 7) is 2.76. The number of hydrogen-bond donors (Lipinski definition) is 1. The fraction of sp³-hybridized carbons (Fsp3) is 0.174. The number of carbonyl (C=O) groups is 1. The number of anilines is 1. The summed E-state index contributed by atoms with van der Waals surface area (Å²) < 4.78 is 10.9. The molecule has 0 fully saturated rings. The lowest BCUT2D eigenvalue weighted by molar-refractivity contribution is 0.0666. The van der Waals surface area contributed by atoms with Gasteiger partial charge in [0.2, 0.25) is 6.79 Å². The fourth-order valence-corrected chi connectivity index (χ4v) is 3.70. The molecule has 3 aromatic carbocycles. The van der Waals surface area contributed by atoms with Crippen molar-refractivity contribution in [1.29, 1.82) is 0 Å². The van der Waals surface area contributed by atoms with Gasteiger partial charge in [-0.3, -0.25) is 4.79 Å². The molecular formula is C23H20N2O3. The monoisotopic (exact) mass is 372 g/mol. The largest absolute Gasteiger partial charge is 0.454 e. The summed E-state index contributed by atoms with van der Waals surface area (Å²) in [6, 6.07) is 21.8. The smallest absolute Gasteiger partial charge is 0.258 e. The molecule has 140 valence electrons. The van der Waals surface area contributed by atoms with E-state index in [1.165, 1.54) is 5.56 Å². The van der Waals surface area contributed by atoms with Crippen LogP contribution in [0.1, 0.15) is 33.2 Å². The Morgan fingerprint density at radius 2 is 1.79 bits per heavy atom. The molecule has 28 heavy (non-hydrogen) atoms. The predicted molar refractivity (Wildman–Crippen MR) is 106 cm³/mol. The zero-order valence-electron chi connectivity index (χ0n) is 15.5. The summed E-state index contributed by atoms with van der Waals surface area (Å²) in [7, 11) is 0. The molecule has 1 N–H and O–H groups in total. The third-order valence-electron chi connectivity index (χ3n) is 5.21. The molecule has 0 radical (unpaired) electrons. The topological polar surface area (TPSA) is 50.8 Å². The lowest BCUT2D eigenvalue weighted by Crippen LogP contribution is -2.42. The summed E-state index contributed by atoms with van der Waals surface area (Å²) >= 11 is 0. The molecule has 2 heterocycles. The van der Waals surface area contributed by atoms with Crippen LogP contribution >= 0.6 is 0 Å². The molecule has 2 aliphatic rings. The molecule has 2 aliphatic heterocycles. The zero-order valence-corrected chi connectivity index (χ0v) is 15.5. The quantitative estimate of drug-likeness (QED) is 0.736. The van der Waals surface area contributed by atoms with Crippen LogP contribution in [0.3, 0.4) is 0 Å². The van der Waals surface area contributed by atoms with E-state index in [0.29, 0.717) is 12.1 Å². The highest BCUT2D eigenvalue weighted by Crippen LogP contribution is 2.36. The SMILES string of the molecule is Cc1ccc([C@@H]2Nc3ccccc3C(=O)N2Cc2ccc3c(c2)OCO3)cc1. The van der Waals surface area contributed by atoms with Gasteiger partial charge in [-0.25, -0.2) is 0 Å². The lowest BCUT2D eigenvalue weighted by Gasteiger charge is -2.38. The first kappa shape index (κ1) is 16.7. The van der Waals surface area contributed by atoms with Crippen molar-refractivity contribution in [2.45, 2.75) is 19.6 Å². The third kappa shape index (κ3) is 2.85. The second-order valence-electron chi connectivity index (χ2n) is 7.12. The molecule has 0 saturated heterocycles. The van der Waals surface area contributed by atoms with Gasteiger partial charge in [0, 0.05) is 12.2 Å². The van der Waals surface area contributed by atoms with Crippen LogP contribution in [0, 0.1) is 6.92 Å². The highest BCUT2D eigenvalue weighted by Gasteiger charge is 2.33. The first-order chi connectivity index (χ1) is 13.7. The van der Waals surface area contributed by atoms with E-state index in [1.807, 2.05) is 47.4 Å². The molecule has 0 spiro atoms.